The Bertz CT molecular complexity index is 979. The number of aryl methyl sites for hydroxylation is 1. The largest absolute Gasteiger partial charge is 0.461 e. The molecule has 27 heavy (non-hydrogen) atoms. The van der Waals surface area contributed by atoms with E-state index in [-0.39, 0.29) is 18.4 Å². The van der Waals surface area contributed by atoms with Gasteiger partial charge in [0, 0.05) is 38.0 Å². The zero-order chi connectivity index (χ0) is 19.6. The Morgan fingerprint density at radius 2 is 1.85 bits per heavy atom. The molecular weight excluding hydrogens is 428 g/mol. The second-order valence-electron chi connectivity index (χ2n) is 6.37. The molecule has 7 heteroatoms. The number of amides is 2. The predicted octanol–water partition coefficient (Wildman–Crippen LogP) is 4.55. The first kappa shape index (κ1) is 19.6. The molecule has 0 saturated carbocycles. The van der Waals surface area contributed by atoms with Crippen LogP contribution in [0.5, 0.6) is 0 Å². The molecule has 5 nitrogen and oxygen atoms in total. The van der Waals surface area contributed by atoms with Crippen molar-refractivity contribution < 1.29 is 14.0 Å². The highest BCUT2D eigenvalue weighted by atomic mass is 79.9. The van der Waals surface area contributed by atoms with Crippen LogP contribution in [0.15, 0.2) is 44.6 Å². The van der Waals surface area contributed by atoms with Crippen LogP contribution in [-0.2, 0) is 17.8 Å². The smallest absolute Gasteiger partial charge is 0.264 e. The van der Waals surface area contributed by atoms with Crippen LogP contribution in [-0.4, -0.2) is 42.3 Å². The molecule has 0 radical (unpaired) electrons. The summed E-state index contributed by atoms with van der Waals surface area (Å²) >= 11 is 4.71. The van der Waals surface area contributed by atoms with Gasteiger partial charge in [-0.2, -0.15) is 0 Å². The molecule has 0 unspecified atom stereocenters. The lowest BCUT2D eigenvalue weighted by molar-refractivity contribution is -0.130. The van der Waals surface area contributed by atoms with E-state index in [9.17, 15) is 9.59 Å². The Balaban J connectivity index is 1.70. The molecule has 0 aliphatic rings. The third-order valence-corrected chi connectivity index (χ3v) is 6.04. The molecule has 2 aromatic heterocycles. The molecule has 2 amide bonds. The molecule has 0 atom stereocenters. The number of para-hydroxylation sites is 1. The van der Waals surface area contributed by atoms with Crippen molar-refractivity contribution in [1.29, 1.82) is 0 Å². The van der Waals surface area contributed by atoms with E-state index in [0.717, 1.165) is 32.5 Å². The van der Waals surface area contributed by atoms with Gasteiger partial charge in [-0.15, -0.1) is 11.3 Å². The molecule has 0 N–H and O–H groups in total. The number of carbonyl (C=O) groups is 2. The minimum absolute atomic E-state index is 0.0299. The Hall–Kier alpha value is -2.12. The second kappa shape index (κ2) is 8.27. The second-order valence-corrected chi connectivity index (χ2v) is 8.83. The zero-order valence-electron chi connectivity index (χ0n) is 15.5. The SMILES string of the molecule is CCc1oc2ccccc2c1CN(C)C(=O)CN(C)C(=O)c1ccc(Br)s1. The van der Waals surface area contributed by atoms with E-state index in [0.29, 0.717) is 11.4 Å². The molecule has 3 aromatic rings. The molecule has 3 rings (SSSR count). The number of carbonyl (C=O) groups excluding carboxylic acids is 2. The van der Waals surface area contributed by atoms with Gasteiger partial charge in [-0.1, -0.05) is 25.1 Å². The van der Waals surface area contributed by atoms with Gasteiger partial charge in [0.15, 0.2) is 0 Å². The van der Waals surface area contributed by atoms with E-state index in [1.165, 1.54) is 16.2 Å². The van der Waals surface area contributed by atoms with Crippen LogP contribution in [0.3, 0.4) is 0 Å². The topological polar surface area (TPSA) is 53.8 Å². The Morgan fingerprint density at radius 3 is 2.52 bits per heavy atom. The Kier molecular flexibility index (Phi) is 6.01. The Labute approximate surface area is 170 Å². The van der Waals surface area contributed by atoms with Crippen molar-refractivity contribution in [1.82, 2.24) is 9.80 Å². The fourth-order valence-corrected chi connectivity index (χ4v) is 4.33. The maximum Gasteiger partial charge on any atom is 0.264 e. The van der Waals surface area contributed by atoms with Crippen LogP contribution in [0.25, 0.3) is 11.0 Å². The number of furan rings is 1. The van der Waals surface area contributed by atoms with Crippen molar-refractivity contribution in [3.8, 4) is 0 Å². The van der Waals surface area contributed by atoms with Crippen LogP contribution in [0.2, 0.25) is 0 Å². The van der Waals surface area contributed by atoms with Crippen molar-refractivity contribution >= 4 is 50.1 Å². The maximum atomic E-state index is 12.7. The highest BCUT2D eigenvalue weighted by molar-refractivity contribution is 9.11. The molecule has 0 fully saturated rings. The molecule has 142 valence electrons. The predicted molar refractivity (Wildman–Crippen MR) is 111 cm³/mol. The molecule has 2 heterocycles. The summed E-state index contributed by atoms with van der Waals surface area (Å²) in [7, 11) is 3.40. The molecule has 0 saturated heterocycles. The van der Waals surface area contributed by atoms with Gasteiger partial charge in [0.1, 0.15) is 11.3 Å². The van der Waals surface area contributed by atoms with Gasteiger partial charge in [-0.25, -0.2) is 0 Å². The van der Waals surface area contributed by atoms with E-state index < -0.39 is 0 Å². The zero-order valence-corrected chi connectivity index (χ0v) is 17.9. The van der Waals surface area contributed by atoms with E-state index in [1.807, 2.05) is 37.3 Å². The first-order chi connectivity index (χ1) is 12.9. The van der Waals surface area contributed by atoms with Crippen LogP contribution < -0.4 is 0 Å². The first-order valence-corrected chi connectivity index (χ1v) is 10.3. The van der Waals surface area contributed by atoms with Gasteiger partial charge in [-0.05, 0) is 34.1 Å². The van der Waals surface area contributed by atoms with Crippen molar-refractivity contribution in [2.24, 2.45) is 0 Å². The van der Waals surface area contributed by atoms with Crippen LogP contribution in [0.4, 0.5) is 0 Å². The standard InChI is InChI=1S/C20H21BrN2O3S/c1-4-15-14(13-7-5-6-8-16(13)26-15)11-22(2)19(24)12-23(3)20(25)17-9-10-18(21)27-17/h5-10H,4,11-12H2,1-3H3. The highest BCUT2D eigenvalue weighted by Gasteiger charge is 2.21. The molecule has 0 aliphatic heterocycles. The number of hydrogen-bond donors (Lipinski definition) is 0. The number of halogens is 1. The number of benzene rings is 1. The number of likely N-dealkylation sites (N-methyl/N-ethyl adjacent to an activating group) is 2. The third-order valence-electron chi connectivity index (χ3n) is 4.43. The van der Waals surface area contributed by atoms with Gasteiger partial charge >= 0.3 is 0 Å². The Morgan fingerprint density at radius 1 is 1.11 bits per heavy atom. The summed E-state index contributed by atoms with van der Waals surface area (Å²) in [5, 5.41) is 1.03. The van der Waals surface area contributed by atoms with E-state index in [1.54, 1.807) is 25.1 Å². The maximum absolute atomic E-state index is 12.7. The highest BCUT2D eigenvalue weighted by Crippen LogP contribution is 2.27. The quantitative estimate of drug-likeness (QED) is 0.555. The first-order valence-electron chi connectivity index (χ1n) is 8.64. The summed E-state index contributed by atoms with van der Waals surface area (Å²) in [6, 6.07) is 11.4. The molecule has 0 spiro atoms. The van der Waals surface area contributed by atoms with Gasteiger partial charge in [0.25, 0.3) is 5.91 Å². The summed E-state index contributed by atoms with van der Waals surface area (Å²) in [6.07, 6.45) is 0.762. The summed E-state index contributed by atoms with van der Waals surface area (Å²) in [5.74, 6) is 0.619. The van der Waals surface area contributed by atoms with Gasteiger partial charge in [0.05, 0.1) is 15.2 Å². The normalized spacial score (nSPS) is 11.0. The van der Waals surface area contributed by atoms with E-state index >= 15 is 0 Å². The van der Waals surface area contributed by atoms with Gasteiger partial charge in [-0.3, -0.25) is 9.59 Å². The van der Waals surface area contributed by atoms with Crippen molar-refractivity contribution in [3.63, 3.8) is 0 Å². The monoisotopic (exact) mass is 448 g/mol. The number of nitrogens with zero attached hydrogens (tertiary/aromatic N) is 2. The number of thiophene rings is 1. The number of fused-ring (bicyclic) bond motifs is 1. The molecule has 0 bridgehead atoms. The molecule has 0 aliphatic carbocycles. The minimum Gasteiger partial charge on any atom is -0.461 e. The average molecular weight is 449 g/mol. The summed E-state index contributed by atoms with van der Waals surface area (Å²) in [6.45, 7) is 2.52. The summed E-state index contributed by atoms with van der Waals surface area (Å²) < 4.78 is 6.79. The number of rotatable bonds is 6. The third kappa shape index (κ3) is 4.25. The molecular formula is C20H21BrN2O3S. The van der Waals surface area contributed by atoms with Crippen LogP contribution >= 0.6 is 27.3 Å². The van der Waals surface area contributed by atoms with E-state index in [2.05, 4.69) is 15.9 Å². The van der Waals surface area contributed by atoms with Gasteiger partial charge in [0.2, 0.25) is 5.91 Å². The fraction of sp³-hybridized carbons (Fsp3) is 0.300. The van der Waals surface area contributed by atoms with Gasteiger partial charge < -0.3 is 14.2 Å². The van der Waals surface area contributed by atoms with Crippen molar-refractivity contribution in [2.75, 3.05) is 20.6 Å². The van der Waals surface area contributed by atoms with Crippen molar-refractivity contribution in [2.45, 2.75) is 19.9 Å². The lowest BCUT2D eigenvalue weighted by Crippen LogP contribution is -2.39. The number of hydrogen-bond acceptors (Lipinski definition) is 4. The van der Waals surface area contributed by atoms with Crippen LogP contribution in [0.1, 0.15) is 27.9 Å². The lowest BCUT2D eigenvalue weighted by atomic mass is 10.1. The molecule has 1 aromatic carbocycles. The summed E-state index contributed by atoms with van der Waals surface area (Å²) in [4.78, 5) is 28.8. The lowest BCUT2D eigenvalue weighted by Gasteiger charge is -2.22. The van der Waals surface area contributed by atoms with Crippen molar-refractivity contribution in [3.05, 3.63) is 56.4 Å². The fourth-order valence-electron chi connectivity index (χ4n) is 2.95. The van der Waals surface area contributed by atoms with Crippen LogP contribution in [0, 0.1) is 0 Å². The minimum atomic E-state index is -0.157. The average Bonchev–Trinajstić information content (AvgIpc) is 3.24. The summed E-state index contributed by atoms with van der Waals surface area (Å²) in [5.41, 5.74) is 1.86. The van der Waals surface area contributed by atoms with E-state index in [4.69, 9.17) is 4.42 Å².